The van der Waals surface area contributed by atoms with Gasteiger partial charge in [0.05, 0.1) is 13.2 Å². The first-order chi connectivity index (χ1) is 7.77. The summed E-state index contributed by atoms with van der Waals surface area (Å²) < 4.78 is 5.35. The first-order valence-corrected chi connectivity index (χ1v) is 5.85. The summed E-state index contributed by atoms with van der Waals surface area (Å²) in [6, 6.07) is 7.32. The summed E-state index contributed by atoms with van der Waals surface area (Å²) in [6.45, 7) is 1.44. The first-order valence-electron chi connectivity index (χ1n) is 5.47. The molecule has 1 N–H and O–H groups in total. The topological polar surface area (TPSA) is 29.5 Å². The summed E-state index contributed by atoms with van der Waals surface area (Å²) in [7, 11) is 0. The van der Waals surface area contributed by atoms with E-state index in [9.17, 15) is 5.11 Å². The highest BCUT2D eigenvalue weighted by molar-refractivity contribution is 6.30. The lowest BCUT2D eigenvalue weighted by Gasteiger charge is -2.14. The highest BCUT2D eigenvalue weighted by Crippen LogP contribution is 2.26. The minimum atomic E-state index is -0.529. The Labute approximate surface area is 101 Å². The highest BCUT2D eigenvalue weighted by atomic mass is 35.5. The number of hydrogen-bond donors (Lipinski definition) is 1. The van der Waals surface area contributed by atoms with Gasteiger partial charge in [-0.2, -0.15) is 0 Å². The van der Waals surface area contributed by atoms with Crippen LogP contribution in [0.1, 0.15) is 24.5 Å². The van der Waals surface area contributed by atoms with Crippen molar-refractivity contribution in [2.24, 2.45) is 0 Å². The van der Waals surface area contributed by atoms with Crippen molar-refractivity contribution in [3.63, 3.8) is 0 Å². The number of benzene rings is 1. The molecular formula is C13H15ClO2. The van der Waals surface area contributed by atoms with Crippen LogP contribution in [0.3, 0.4) is 0 Å². The van der Waals surface area contributed by atoms with Gasteiger partial charge in [-0.05, 0) is 36.1 Å². The van der Waals surface area contributed by atoms with Crippen molar-refractivity contribution in [2.45, 2.75) is 18.9 Å². The van der Waals surface area contributed by atoms with Gasteiger partial charge in [0.1, 0.15) is 6.10 Å². The molecule has 3 heteroatoms. The smallest absolute Gasteiger partial charge is 0.100 e. The van der Waals surface area contributed by atoms with Crippen molar-refractivity contribution in [2.75, 3.05) is 13.2 Å². The molecule has 1 aromatic rings. The molecule has 0 unspecified atom stereocenters. The molecule has 1 heterocycles. The zero-order valence-electron chi connectivity index (χ0n) is 9.03. The standard InChI is InChI=1S/C13H15ClO2/c14-12-5-3-11(4-6-12)13(15)10-2-1-8-16-9-7-10/h2-6,13,15H,1,7-9H2/t13-/m1/s1. The third kappa shape index (κ3) is 2.85. The van der Waals surface area contributed by atoms with E-state index in [2.05, 4.69) is 6.08 Å². The lowest BCUT2D eigenvalue weighted by Crippen LogP contribution is -2.03. The SMILES string of the molecule is O[C@H](C1=CCCOCC1)c1ccc(Cl)cc1. The highest BCUT2D eigenvalue weighted by Gasteiger charge is 2.14. The molecule has 0 aliphatic carbocycles. The van der Waals surface area contributed by atoms with Gasteiger partial charge < -0.3 is 9.84 Å². The Morgan fingerprint density at radius 2 is 1.94 bits per heavy atom. The number of aliphatic hydroxyl groups is 1. The molecule has 2 nitrogen and oxygen atoms in total. The van der Waals surface area contributed by atoms with E-state index in [1.807, 2.05) is 12.1 Å². The van der Waals surface area contributed by atoms with E-state index >= 15 is 0 Å². The van der Waals surface area contributed by atoms with Gasteiger partial charge in [0.2, 0.25) is 0 Å². The van der Waals surface area contributed by atoms with Crippen molar-refractivity contribution in [1.29, 1.82) is 0 Å². The monoisotopic (exact) mass is 238 g/mol. The second-order valence-electron chi connectivity index (χ2n) is 3.88. The van der Waals surface area contributed by atoms with Gasteiger partial charge in [-0.15, -0.1) is 0 Å². The number of hydrogen-bond acceptors (Lipinski definition) is 2. The fraction of sp³-hybridized carbons (Fsp3) is 0.385. The third-order valence-electron chi connectivity index (χ3n) is 2.74. The van der Waals surface area contributed by atoms with Crippen LogP contribution in [0.2, 0.25) is 5.02 Å². The molecule has 1 aliphatic heterocycles. The fourth-order valence-corrected chi connectivity index (χ4v) is 1.96. The molecule has 0 amide bonds. The van der Waals surface area contributed by atoms with E-state index in [0.717, 1.165) is 30.6 Å². The lowest BCUT2D eigenvalue weighted by atomic mass is 9.99. The molecular weight excluding hydrogens is 224 g/mol. The zero-order valence-corrected chi connectivity index (χ0v) is 9.78. The van der Waals surface area contributed by atoms with E-state index in [0.29, 0.717) is 11.6 Å². The quantitative estimate of drug-likeness (QED) is 0.803. The van der Waals surface area contributed by atoms with Crippen LogP contribution in [0.5, 0.6) is 0 Å². The normalized spacial score (nSPS) is 18.8. The largest absolute Gasteiger partial charge is 0.384 e. The Hall–Kier alpha value is -0.830. The molecule has 0 radical (unpaired) electrons. The predicted molar refractivity (Wildman–Crippen MR) is 64.5 cm³/mol. The Bertz CT molecular complexity index is 370. The van der Waals surface area contributed by atoms with Gasteiger partial charge in [0.15, 0.2) is 0 Å². The van der Waals surface area contributed by atoms with Crippen LogP contribution in [0.4, 0.5) is 0 Å². The summed E-state index contributed by atoms with van der Waals surface area (Å²) in [6.07, 6.45) is 3.22. The molecule has 0 fully saturated rings. The van der Waals surface area contributed by atoms with Gasteiger partial charge >= 0.3 is 0 Å². The number of aliphatic hydroxyl groups excluding tert-OH is 1. The third-order valence-corrected chi connectivity index (χ3v) is 2.99. The molecule has 2 rings (SSSR count). The van der Waals surface area contributed by atoms with Crippen LogP contribution in [0.25, 0.3) is 0 Å². The Morgan fingerprint density at radius 1 is 1.19 bits per heavy atom. The Kier molecular flexibility index (Phi) is 3.99. The van der Waals surface area contributed by atoms with Crippen LogP contribution < -0.4 is 0 Å². The number of halogens is 1. The van der Waals surface area contributed by atoms with Crippen molar-refractivity contribution in [3.05, 3.63) is 46.5 Å². The van der Waals surface area contributed by atoms with E-state index in [4.69, 9.17) is 16.3 Å². The molecule has 0 spiro atoms. The van der Waals surface area contributed by atoms with Crippen molar-refractivity contribution in [1.82, 2.24) is 0 Å². The van der Waals surface area contributed by atoms with Crippen LogP contribution in [0, 0.1) is 0 Å². The van der Waals surface area contributed by atoms with Gasteiger partial charge in [-0.1, -0.05) is 29.8 Å². The van der Waals surface area contributed by atoms with Gasteiger partial charge in [0.25, 0.3) is 0 Å². The molecule has 0 saturated carbocycles. The maximum absolute atomic E-state index is 10.2. The molecule has 1 aliphatic rings. The van der Waals surface area contributed by atoms with Gasteiger partial charge in [0, 0.05) is 5.02 Å². The van der Waals surface area contributed by atoms with Crippen molar-refractivity contribution < 1.29 is 9.84 Å². The van der Waals surface area contributed by atoms with Crippen LogP contribution >= 0.6 is 11.6 Å². The maximum atomic E-state index is 10.2. The van der Waals surface area contributed by atoms with Crippen LogP contribution in [-0.2, 0) is 4.74 Å². The summed E-state index contributed by atoms with van der Waals surface area (Å²) >= 11 is 5.81. The molecule has 0 saturated heterocycles. The zero-order chi connectivity index (χ0) is 11.4. The van der Waals surface area contributed by atoms with Crippen molar-refractivity contribution in [3.8, 4) is 0 Å². The Morgan fingerprint density at radius 3 is 2.69 bits per heavy atom. The van der Waals surface area contributed by atoms with Gasteiger partial charge in [-0.3, -0.25) is 0 Å². The number of ether oxygens (including phenoxy) is 1. The Balaban J connectivity index is 2.14. The second kappa shape index (κ2) is 5.48. The molecule has 86 valence electrons. The molecule has 0 bridgehead atoms. The first kappa shape index (κ1) is 11.6. The molecule has 1 aromatic carbocycles. The number of rotatable bonds is 2. The van der Waals surface area contributed by atoms with E-state index in [1.165, 1.54) is 0 Å². The summed E-state index contributed by atoms with van der Waals surface area (Å²) in [5.41, 5.74) is 1.93. The van der Waals surface area contributed by atoms with Crippen LogP contribution in [0.15, 0.2) is 35.9 Å². The average Bonchev–Trinajstić information content (AvgIpc) is 2.57. The lowest BCUT2D eigenvalue weighted by molar-refractivity contribution is 0.140. The molecule has 0 aromatic heterocycles. The predicted octanol–water partition coefficient (Wildman–Crippen LogP) is 3.11. The van der Waals surface area contributed by atoms with E-state index in [1.54, 1.807) is 12.1 Å². The van der Waals surface area contributed by atoms with Crippen molar-refractivity contribution >= 4 is 11.6 Å². The van der Waals surface area contributed by atoms with E-state index < -0.39 is 6.10 Å². The summed E-state index contributed by atoms with van der Waals surface area (Å²) in [4.78, 5) is 0. The fourth-order valence-electron chi connectivity index (χ4n) is 1.83. The minimum absolute atomic E-state index is 0.529. The summed E-state index contributed by atoms with van der Waals surface area (Å²) in [5, 5.41) is 10.9. The molecule has 1 atom stereocenters. The van der Waals surface area contributed by atoms with Gasteiger partial charge in [-0.25, -0.2) is 0 Å². The minimum Gasteiger partial charge on any atom is -0.384 e. The van der Waals surface area contributed by atoms with E-state index in [-0.39, 0.29) is 0 Å². The summed E-state index contributed by atoms with van der Waals surface area (Å²) in [5.74, 6) is 0. The maximum Gasteiger partial charge on any atom is 0.100 e. The average molecular weight is 239 g/mol. The second-order valence-corrected chi connectivity index (χ2v) is 4.32. The van der Waals surface area contributed by atoms with Crippen LogP contribution in [-0.4, -0.2) is 18.3 Å². The molecule has 16 heavy (non-hydrogen) atoms.